The van der Waals surface area contributed by atoms with Crippen LogP contribution in [0.5, 0.6) is 0 Å². The number of nitrogens with zero attached hydrogens (tertiary/aromatic N) is 5. The summed E-state index contributed by atoms with van der Waals surface area (Å²) >= 11 is 0. The molecule has 4 heterocycles. The summed E-state index contributed by atoms with van der Waals surface area (Å²) in [6, 6.07) is 6.00. The molecule has 1 fully saturated rings. The van der Waals surface area contributed by atoms with Gasteiger partial charge in [-0.25, -0.2) is 18.3 Å². The predicted molar refractivity (Wildman–Crippen MR) is 118 cm³/mol. The third-order valence-electron chi connectivity index (χ3n) is 5.93. The van der Waals surface area contributed by atoms with Gasteiger partial charge < -0.3 is 15.2 Å². The van der Waals surface area contributed by atoms with Gasteiger partial charge in [0.05, 0.1) is 17.4 Å². The van der Waals surface area contributed by atoms with Crippen LogP contribution < -0.4 is 15.8 Å². The number of aromatic amines is 1. The number of carbonyl (C=O) groups excluding carboxylic acids is 1. The molecule has 0 spiro atoms. The maximum absolute atomic E-state index is 14.9. The zero-order valence-corrected chi connectivity index (χ0v) is 18.1. The maximum atomic E-state index is 14.9. The molecule has 34 heavy (non-hydrogen) atoms. The minimum Gasteiger partial charge on any atom is -0.365 e. The van der Waals surface area contributed by atoms with Crippen LogP contribution in [-0.4, -0.2) is 63.6 Å². The average Bonchev–Trinajstić information content (AvgIpc) is 3.20. The molecule has 2 N–H and O–H groups in total. The summed E-state index contributed by atoms with van der Waals surface area (Å²) in [6.07, 6.45) is 0.876. The number of hydrogen-bond donors (Lipinski definition) is 2. The average molecular weight is 471 g/mol. The van der Waals surface area contributed by atoms with Gasteiger partial charge in [-0.05, 0) is 29.8 Å². The molecule has 0 radical (unpaired) electrons. The van der Waals surface area contributed by atoms with Crippen molar-refractivity contribution in [3.05, 3.63) is 69.7 Å². The van der Waals surface area contributed by atoms with Crippen LogP contribution in [-0.2, 0) is 6.54 Å². The summed E-state index contributed by atoms with van der Waals surface area (Å²) in [6.45, 7) is 2.59. The first-order valence-electron chi connectivity index (χ1n) is 10.6. The molecule has 1 aliphatic heterocycles. The number of nitrogens with one attached hydrogen (secondary N) is 2. The minimum atomic E-state index is -0.820. The van der Waals surface area contributed by atoms with E-state index in [1.807, 2.05) is 4.90 Å². The van der Waals surface area contributed by atoms with Crippen LogP contribution in [0.1, 0.15) is 16.1 Å². The third-order valence-corrected chi connectivity index (χ3v) is 5.93. The Balaban J connectivity index is 1.32. The molecule has 1 aromatic carbocycles. The fraction of sp³-hybridized carbons (Fsp3) is 0.273. The largest absolute Gasteiger partial charge is 0.365 e. The number of pyridine rings is 1. The fourth-order valence-corrected chi connectivity index (χ4v) is 4.26. The number of carbonyl (C=O) groups is 1. The Morgan fingerprint density at radius 1 is 1.09 bits per heavy atom. The first-order chi connectivity index (χ1) is 16.4. The van der Waals surface area contributed by atoms with Gasteiger partial charge in [-0.15, -0.1) is 0 Å². The molecule has 12 heteroatoms. The molecule has 3 aromatic heterocycles. The van der Waals surface area contributed by atoms with Gasteiger partial charge in [0.15, 0.2) is 17.2 Å². The van der Waals surface area contributed by atoms with Gasteiger partial charge in [0, 0.05) is 39.8 Å². The number of amides is 1. The zero-order valence-electron chi connectivity index (χ0n) is 18.1. The lowest BCUT2D eigenvalue weighted by atomic mass is 10.1. The van der Waals surface area contributed by atoms with Crippen LogP contribution in [0, 0.1) is 17.6 Å². The van der Waals surface area contributed by atoms with Crippen LogP contribution in [0.3, 0.4) is 0 Å². The first kappa shape index (κ1) is 21.9. The van der Waals surface area contributed by atoms with Crippen molar-refractivity contribution in [1.82, 2.24) is 29.8 Å². The summed E-state index contributed by atoms with van der Waals surface area (Å²) in [7, 11) is 1.45. The Labute approximate surface area is 190 Å². The molecule has 9 nitrogen and oxygen atoms in total. The van der Waals surface area contributed by atoms with Crippen molar-refractivity contribution in [1.29, 1.82) is 0 Å². The van der Waals surface area contributed by atoms with E-state index in [1.165, 1.54) is 25.2 Å². The van der Waals surface area contributed by atoms with Crippen molar-refractivity contribution < 1.29 is 18.0 Å². The Hall–Kier alpha value is -3.93. The second-order valence-corrected chi connectivity index (χ2v) is 8.03. The van der Waals surface area contributed by atoms with Gasteiger partial charge in [0.25, 0.3) is 11.5 Å². The molecule has 1 saturated heterocycles. The Bertz CT molecular complexity index is 1480. The topological polar surface area (TPSA) is 98.6 Å². The molecule has 5 rings (SSSR count). The summed E-state index contributed by atoms with van der Waals surface area (Å²) in [5, 5.41) is 6.19. The number of halogens is 3. The number of benzene rings is 1. The quantitative estimate of drug-likeness (QED) is 0.440. The van der Waals surface area contributed by atoms with E-state index < -0.39 is 29.0 Å². The van der Waals surface area contributed by atoms with Gasteiger partial charge in [-0.1, -0.05) is 0 Å². The number of anilines is 1. The van der Waals surface area contributed by atoms with Gasteiger partial charge in [0.1, 0.15) is 11.2 Å². The molecule has 0 bridgehead atoms. The van der Waals surface area contributed by atoms with Gasteiger partial charge in [-0.3, -0.25) is 14.5 Å². The van der Waals surface area contributed by atoms with E-state index >= 15 is 0 Å². The number of H-pyrrole nitrogens is 1. The second kappa shape index (κ2) is 8.45. The number of hydrogen-bond acceptors (Lipinski definition) is 6. The predicted octanol–water partition coefficient (Wildman–Crippen LogP) is 1.67. The Kier molecular flexibility index (Phi) is 5.44. The van der Waals surface area contributed by atoms with Crippen molar-refractivity contribution in [3.8, 4) is 0 Å². The lowest BCUT2D eigenvalue weighted by Gasteiger charge is -2.36. The van der Waals surface area contributed by atoms with Crippen molar-refractivity contribution >= 4 is 28.1 Å². The Morgan fingerprint density at radius 3 is 2.56 bits per heavy atom. The van der Waals surface area contributed by atoms with Gasteiger partial charge >= 0.3 is 0 Å². The number of rotatable bonds is 4. The molecule has 0 saturated carbocycles. The van der Waals surface area contributed by atoms with E-state index in [2.05, 4.69) is 25.3 Å². The molecule has 1 aliphatic rings. The lowest BCUT2D eigenvalue weighted by Crippen LogP contribution is -2.46. The molecule has 0 unspecified atom stereocenters. The molecule has 4 aromatic rings. The molecule has 0 atom stereocenters. The first-order valence-corrected chi connectivity index (χ1v) is 10.6. The molecule has 176 valence electrons. The molecule has 0 aliphatic carbocycles. The lowest BCUT2D eigenvalue weighted by molar-refractivity contribution is 0.0957. The van der Waals surface area contributed by atoms with E-state index in [4.69, 9.17) is 0 Å². The van der Waals surface area contributed by atoms with E-state index in [9.17, 15) is 22.8 Å². The molecular formula is C22H20F3N7O2. The zero-order chi connectivity index (χ0) is 24.0. The van der Waals surface area contributed by atoms with Crippen molar-refractivity contribution in [2.24, 2.45) is 0 Å². The minimum absolute atomic E-state index is 0.00440. The van der Waals surface area contributed by atoms with Crippen molar-refractivity contribution in [2.75, 3.05) is 38.1 Å². The van der Waals surface area contributed by atoms with Gasteiger partial charge in [0.2, 0.25) is 5.95 Å². The van der Waals surface area contributed by atoms with Crippen LogP contribution >= 0.6 is 0 Å². The fourth-order valence-electron chi connectivity index (χ4n) is 4.26. The van der Waals surface area contributed by atoms with Crippen LogP contribution in [0.2, 0.25) is 0 Å². The SMILES string of the molecule is CNC(=O)c1ccc(N2CCN(Cc3cc(F)c4c(c3)[nH]c(=O)c3c(F)cnn34)CC2)c(F)n1. The Morgan fingerprint density at radius 2 is 1.85 bits per heavy atom. The number of piperazine rings is 1. The van der Waals surface area contributed by atoms with E-state index in [0.717, 1.165) is 10.7 Å². The van der Waals surface area contributed by atoms with E-state index in [-0.39, 0.29) is 22.2 Å². The van der Waals surface area contributed by atoms with Crippen molar-refractivity contribution in [3.63, 3.8) is 0 Å². The molecular weight excluding hydrogens is 451 g/mol. The highest BCUT2D eigenvalue weighted by Crippen LogP contribution is 2.23. The van der Waals surface area contributed by atoms with E-state index in [0.29, 0.717) is 44.0 Å². The summed E-state index contributed by atoms with van der Waals surface area (Å²) in [5.74, 6) is -2.62. The summed E-state index contributed by atoms with van der Waals surface area (Å²) in [4.78, 5) is 34.0. The highest BCUT2D eigenvalue weighted by atomic mass is 19.1. The summed E-state index contributed by atoms with van der Waals surface area (Å²) < 4.78 is 44.2. The normalized spacial score (nSPS) is 14.8. The second-order valence-electron chi connectivity index (χ2n) is 8.03. The van der Waals surface area contributed by atoms with Crippen LogP contribution in [0.15, 0.2) is 35.3 Å². The van der Waals surface area contributed by atoms with Crippen molar-refractivity contribution in [2.45, 2.75) is 6.54 Å². The molecule has 1 amide bonds. The number of fused-ring (bicyclic) bond motifs is 3. The summed E-state index contributed by atoms with van der Waals surface area (Å²) in [5.41, 5.74) is 0.148. The van der Waals surface area contributed by atoms with Crippen LogP contribution in [0.4, 0.5) is 18.9 Å². The highest BCUT2D eigenvalue weighted by molar-refractivity contribution is 5.92. The smallest absolute Gasteiger partial charge is 0.277 e. The monoisotopic (exact) mass is 471 g/mol. The van der Waals surface area contributed by atoms with Gasteiger partial charge in [-0.2, -0.15) is 9.49 Å². The third kappa shape index (κ3) is 3.75. The maximum Gasteiger partial charge on any atom is 0.277 e. The number of aromatic nitrogens is 4. The van der Waals surface area contributed by atoms with E-state index in [1.54, 1.807) is 6.07 Å². The highest BCUT2D eigenvalue weighted by Gasteiger charge is 2.22. The standard InChI is InChI=1S/C22H20F3N7O2/c1-26-21(33)15-2-3-17(20(25)28-15)31-6-4-30(5-7-31)11-12-8-13(23)18-16(9-12)29-22(34)19-14(24)10-27-32(18)19/h2-3,8-10H,4-7,11H2,1H3,(H,26,33)(H,29,34). The van der Waals surface area contributed by atoms with Crippen LogP contribution in [0.25, 0.3) is 16.6 Å².